The van der Waals surface area contributed by atoms with Gasteiger partial charge in [-0.1, -0.05) is 0 Å². The Hall–Kier alpha value is -1.11. The fourth-order valence-corrected chi connectivity index (χ4v) is 4.02. The highest BCUT2D eigenvalue weighted by Crippen LogP contribution is 2.28. The number of amides is 2. The van der Waals surface area contributed by atoms with E-state index >= 15 is 0 Å². The van der Waals surface area contributed by atoms with Gasteiger partial charge in [-0.2, -0.15) is 0 Å². The van der Waals surface area contributed by atoms with Gasteiger partial charge in [0.1, 0.15) is 0 Å². The second kappa shape index (κ2) is 6.77. The van der Waals surface area contributed by atoms with Crippen LogP contribution in [0.4, 0.5) is 0 Å². The molecule has 3 N–H and O–H groups in total. The van der Waals surface area contributed by atoms with E-state index in [0.717, 1.165) is 39.0 Å². The van der Waals surface area contributed by atoms with E-state index in [0.29, 0.717) is 22.3 Å². The molecule has 0 unspecified atom stereocenters. The van der Waals surface area contributed by atoms with Gasteiger partial charge in [-0.15, -0.1) is 23.7 Å². The number of halogens is 1. The number of primary amides is 1. The van der Waals surface area contributed by atoms with Gasteiger partial charge in [0.2, 0.25) is 5.91 Å². The van der Waals surface area contributed by atoms with Gasteiger partial charge >= 0.3 is 0 Å². The van der Waals surface area contributed by atoms with Crippen LogP contribution >= 0.6 is 23.7 Å². The zero-order valence-electron chi connectivity index (χ0n) is 11.7. The minimum absolute atomic E-state index is 0. The van der Waals surface area contributed by atoms with Crippen molar-refractivity contribution in [3.8, 4) is 0 Å². The van der Waals surface area contributed by atoms with Gasteiger partial charge in [-0.3, -0.25) is 9.59 Å². The molecule has 116 valence electrons. The predicted octanol–water partition coefficient (Wildman–Crippen LogP) is 1.34. The number of rotatable bonds is 2. The Balaban J connectivity index is 0.00000161. The van der Waals surface area contributed by atoms with Crippen LogP contribution in [0.25, 0.3) is 0 Å². The fraction of sp³-hybridized carbons (Fsp3) is 0.571. The van der Waals surface area contributed by atoms with Crippen molar-refractivity contribution in [2.45, 2.75) is 12.8 Å². The van der Waals surface area contributed by atoms with E-state index in [9.17, 15) is 9.59 Å². The van der Waals surface area contributed by atoms with Crippen LogP contribution in [0.5, 0.6) is 0 Å². The third-order valence-electron chi connectivity index (χ3n) is 4.40. The third-order valence-corrected chi connectivity index (χ3v) is 5.32. The van der Waals surface area contributed by atoms with E-state index in [2.05, 4.69) is 5.32 Å². The van der Waals surface area contributed by atoms with Gasteiger partial charge in [0.25, 0.3) is 5.91 Å². The topological polar surface area (TPSA) is 75.4 Å². The van der Waals surface area contributed by atoms with Crippen LogP contribution in [0, 0.1) is 11.8 Å². The summed E-state index contributed by atoms with van der Waals surface area (Å²) in [7, 11) is 0. The van der Waals surface area contributed by atoms with Crippen LogP contribution < -0.4 is 11.1 Å². The van der Waals surface area contributed by atoms with Crippen molar-refractivity contribution in [3.05, 3.63) is 21.9 Å². The van der Waals surface area contributed by atoms with E-state index in [1.807, 2.05) is 4.90 Å². The van der Waals surface area contributed by atoms with Crippen molar-refractivity contribution >= 4 is 35.6 Å². The molecular weight excluding hydrogens is 310 g/mol. The lowest BCUT2D eigenvalue weighted by atomic mass is 9.92. The quantitative estimate of drug-likeness (QED) is 0.859. The average Bonchev–Trinajstić information content (AvgIpc) is 3.04. The normalized spacial score (nSPS) is 24.9. The van der Waals surface area contributed by atoms with E-state index in [1.165, 1.54) is 11.3 Å². The molecule has 2 atom stereocenters. The Labute approximate surface area is 134 Å². The van der Waals surface area contributed by atoms with Crippen LogP contribution in [-0.4, -0.2) is 42.9 Å². The molecule has 3 heterocycles. The Morgan fingerprint density at radius 1 is 1.24 bits per heavy atom. The highest BCUT2D eigenvalue weighted by molar-refractivity contribution is 7.12. The summed E-state index contributed by atoms with van der Waals surface area (Å²) < 4.78 is 0. The van der Waals surface area contributed by atoms with E-state index in [4.69, 9.17) is 5.73 Å². The second-order valence-electron chi connectivity index (χ2n) is 5.61. The summed E-state index contributed by atoms with van der Waals surface area (Å²) in [6.45, 7) is 3.78. The molecule has 2 amide bonds. The number of fused-ring (bicyclic) bond motifs is 1. The maximum absolute atomic E-state index is 12.5. The van der Waals surface area contributed by atoms with Crippen molar-refractivity contribution in [3.63, 3.8) is 0 Å². The van der Waals surface area contributed by atoms with Crippen LogP contribution in [0.1, 0.15) is 32.9 Å². The van der Waals surface area contributed by atoms with Crippen molar-refractivity contribution in [1.82, 2.24) is 10.2 Å². The maximum Gasteiger partial charge on any atom is 0.263 e. The smallest absolute Gasteiger partial charge is 0.263 e. The molecule has 0 aliphatic carbocycles. The molecule has 0 bridgehead atoms. The molecule has 0 spiro atoms. The number of thiophene rings is 1. The van der Waals surface area contributed by atoms with Crippen molar-refractivity contribution in [1.29, 1.82) is 0 Å². The van der Waals surface area contributed by atoms with E-state index in [1.54, 1.807) is 11.4 Å². The third kappa shape index (κ3) is 3.39. The van der Waals surface area contributed by atoms with Gasteiger partial charge in [0.05, 0.1) is 10.4 Å². The van der Waals surface area contributed by atoms with Crippen molar-refractivity contribution < 1.29 is 9.59 Å². The Bertz CT molecular complexity index is 520. The van der Waals surface area contributed by atoms with Gasteiger partial charge in [-0.25, -0.2) is 0 Å². The van der Waals surface area contributed by atoms with E-state index in [-0.39, 0.29) is 18.3 Å². The highest BCUT2D eigenvalue weighted by atomic mass is 35.5. The first-order chi connectivity index (χ1) is 9.65. The van der Waals surface area contributed by atoms with Gasteiger partial charge in [0.15, 0.2) is 0 Å². The minimum Gasteiger partial charge on any atom is -0.366 e. The van der Waals surface area contributed by atoms with Crippen LogP contribution in [0.15, 0.2) is 11.4 Å². The Kier molecular flexibility index (Phi) is 5.24. The molecular formula is C14H20ClN3O2S. The molecule has 1 aromatic rings. The number of carbonyl (C=O) groups is 2. The van der Waals surface area contributed by atoms with Crippen LogP contribution in [0.2, 0.25) is 0 Å². The molecule has 0 aromatic carbocycles. The summed E-state index contributed by atoms with van der Waals surface area (Å²) in [6, 6.07) is 1.61. The fourth-order valence-electron chi connectivity index (χ4n) is 3.15. The molecule has 0 radical (unpaired) electrons. The molecule has 3 rings (SSSR count). The standard InChI is InChI=1S/C14H19N3O2S.ClH/c15-13(18)11-5-12(20-8-11)14(19)17-3-1-9-6-16-7-10(9)2-4-17;/h5,8-10,16H,1-4,6-7H2,(H2,15,18);1H/t9-,10+;. The zero-order chi connectivity index (χ0) is 14.1. The summed E-state index contributed by atoms with van der Waals surface area (Å²) in [5, 5.41) is 5.09. The number of nitrogens with one attached hydrogen (secondary N) is 1. The van der Waals surface area contributed by atoms with Crippen LogP contribution in [0.3, 0.4) is 0 Å². The van der Waals surface area contributed by atoms with Crippen LogP contribution in [-0.2, 0) is 0 Å². The first-order valence-electron chi connectivity index (χ1n) is 7.03. The second-order valence-corrected chi connectivity index (χ2v) is 6.52. The van der Waals surface area contributed by atoms with Gasteiger partial charge in [0, 0.05) is 18.5 Å². The molecule has 2 saturated heterocycles. The number of hydrogen-bond acceptors (Lipinski definition) is 4. The number of likely N-dealkylation sites (tertiary alicyclic amines) is 1. The molecule has 7 heteroatoms. The largest absolute Gasteiger partial charge is 0.366 e. The lowest BCUT2D eigenvalue weighted by Gasteiger charge is -2.20. The Morgan fingerprint density at radius 2 is 1.86 bits per heavy atom. The number of hydrogen-bond donors (Lipinski definition) is 2. The molecule has 0 saturated carbocycles. The van der Waals surface area contributed by atoms with Crippen molar-refractivity contribution in [2.75, 3.05) is 26.2 Å². The molecule has 1 aromatic heterocycles. The zero-order valence-corrected chi connectivity index (χ0v) is 13.3. The molecule has 21 heavy (non-hydrogen) atoms. The number of carbonyl (C=O) groups excluding carboxylic acids is 2. The summed E-state index contributed by atoms with van der Waals surface area (Å²) in [5.74, 6) is 0.974. The van der Waals surface area contributed by atoms with Crippen molar-refractivity contribution in [2.24, 2.45) is 17.6 Å². The first-order valence-corrected chi connectivity index (χ1v) is 7.91. The van der Waals surface area contributed by atoms with Gasteiger partial charge in [-0.05, 0) is 43.8 Å². The molecule has 2 fully saturated rings. The molecule has 2 aliphatic rings. The molecule has 5 nitrogen and oxygen atoms in total. The molecule has 2 aliphatic heterocycles. The van der Waals surface area contributed by atoms with E-state index < -0.39 is 5.91 Å². The lowest BCUT2D eigenvalue weighted by molar-refractivity contribution is 0.0763. The first kappa shape index (κ1) is 16.3. The minimum atomic E-state index is -0.475. The Morgan fingerprint density at radius 3 is 2.38 bits per heavy atom. The summed E-state index contributed by atoms with van der Waals surface area (Å²) in [5.41, 5.74) is 5.65. The van der Waals surface area contributed by atoms with Gasteiger partial charge < -0.3 is 16.0 Å². The SMILES string of the molecule is Cl.NC(=O)c1csc(C(=O)N2CC[C@@H]3CNC[C@@H]3CC2)c1. The average molecular weight is 330 g/mol. The maximum atomic E-state index is 12.5. The highest BCUT2D eigenvalue weighted by Gasteiger charge is 2.31. The number of nitrogens with two attached hydrogens (primary N) is 1. The summed E-state index contributed by atoms with van der Waals surface area (Å²) in [6.07, 6.45) is 2.13. The summed E-state index contributed by atoms with van der Waals surface area (Å²) >= 11 is 1.30. The number of nitrogens with zero attached hydrogens (tertiary/aromatic N) is 1. The predicted molar refractivity (Wildman–Crippen MR) is 85.1 cm³/mol. The lowest BCUT2D eigenvalue weighted by Crippen LogP contribution is -2.32. The summed E-state index contributed by atoms with van der Waals surface area (Å²) in [4.78, 5) is 26.1. The monoisotopic (exact) mass is 329 g/mol.